The predicted octanol–water partition coefficient (Wildman–Crippen LogP) is 2.71. The van der Waals surface area contributed by atoms with Gasteiger partial charge in [-0.25, -0.2) is 0 Å². The lowest BCUT2D eigenvalue weighted by Crippen LogP contribution is -2.62. The zero-order valence-electron chi connectivity index (χ0n) is 12.2. The molecule has 0 N–H and O–H groups in total. The minimum absolute atomic E-state index is 0.00896. The highest BCUT2D eigenvalue weighted by atomic mass is 79.9. The summed E-state index contributed by atoms with van der Waals surface area (Å²) in [6.45, 7) is 6.72. The van der Waals surface area contributed by atoms with E-state index in [0.717, 1.165) is 10.2 Å². The van der Waals surface area contributed by atoms with Gasteiger partial charge in [0.2, 0.25) is 5.91 Å². The van der Waals surface area contributed by atoms with Crippen LogP contribution in [0.15, 0.2) is 22.7 Å². The van der Waals surface area contributed by atoms with E-state index >= 15 is 0 Å². The zero-order valence-corrected chi connectivity index (χ0v) is 13.8. The third-order valence-electron chi connectivity index (χ3n) is 3.83. The lowest BCUT2D eigenvalue weighted by atomic mass is 9.95. The summed E-state index contributed by atoms with van der Waals surface area (Å²) in [5.41, 5.74) is 0.815. The maximum Gasteiger partial charge on any atom is 0.247 e. The van der Waals surface area contributed by atoms with Gasteiger partial charge in [0, 0.05) is 35.9 Å². The molecule has 0 saturated carbocycles. The third-order valence-corrected chi connectivity index (χ3v) is 4.33. The first-order valence-corrected chi connectivity index (χ1v) is 7.38. The first kappa shape index (κ1) is 15.0. The molecular weight excluding hydrogens is 320 g/mol. The number of halogens is 1. The topological polar surface area (TPSA) is 40.6 Å². The summed E-state index contributed by atoms with van der Waals surface area (Å²) >= 11 is 3.44. The van der Waals surface area contributed by atoms with Crippen molar-refractivity contribution in [3.63, 3.8) is 0 Å². The number of Topliss-reactive ketones (excluding diaryl/α,β-unsaturated/α-hetero) is 1. The molecule has 2 rings (SSSR count). The SMILES string of the molecule is CC(=O)c1ccc(Br)cc1N1CCN(C)C(=O)C1(C)C. The van der Waals surface area contributed by atoms with Crippen LogP contribution in [-0.4, -0.2) is 42.3 Å². The van der Waals surface area contributed by atoms with Crippen LogP contribution in [0.4, 0.5) is 5.69 Å². The van der Waals surface area contributed by atoms with Gasteiger partial charge >= 0.3 is 0 Å². The number of amides is 1. The summed E-state index contributed by atoms with van der Waals surface area (Å²) in [6, 6.07) is 5.57. The van der Waals surface area contributed by atoms with Crippen LogP contribution in [-0.2, 0) is 4.79 Å². The Bertz CT molecular complexity index is 569. The minimum atomic E-state index is -0.655. The molecule has 4 nitrogen and oxygen atoms in total. The molecule has 1 saturated heterocycles. The van der Waals surface area contributed by atoms with Crippen molar-refractivity contribution in [1.29, 1.82) is 0 Å². The second-order valence-corrected chi connectivity index (χ2v) is 6.57. The first-order chi connectivity index (χ1) is 9.25. The molecule has 1 aliphatic rings. The van der Waals surface area contributed by atoms with Crippen molar-refractivity contribution in [2.75, 3.05) is 25.0 Å². The van der Waals surface area contributed by atoms with Crippen molar-refractivity contribution < 1.29 is 9.59 Å². The van der Waals surface area contributed by atoms with Crippen LogP contribution in [0, 0.1) is 0 Å². The van der Waals surface area contributed by atoms with Crippen molar-refractivity contribution >= 4 is 33.3 Å². The van der Waals surface area contributed by atoms with E-state index in [0.29, 0.717) is 18.7 Å². The molecule has 0 aromatic heterocycles. The summed E-state index contributed by atoms with van der Waals surface area (Å²) in [7, 11) is 1.81. The fraction of sp³-hybridized carbons (Fsp3) is 0.467. The van der Waals surface area contributed by atoms with Gasteiger partial charge in [0.05, 0.1) is 0 Å². The number of carbonyl (C=O) groups excluding carboxylic acids is 2. The average molecular weight is 339 g/mol. The molecular formula is C15H19BrN2O2. The number of carbonyl (C=O) groups is 2. The highest BCUT2D eigenvalue weighted by molar-refractivity contribution is 9.10. The third kappa shape index (κ3) is 2.46. The number of likely N-dealkylation sites (N-methyl/N-ethyl adjacent to an activating group) is 1. The number of benzene rings is 1. The first-order valence-electron chi connectivity index (χ1n) is 6.59. The van der Waals surface area contributed by atoms with E-state index < -0.39 is 5.54 Å². The molecule has 108 valence electrons. The van der Waals surface area contributed by atoms with Gasteiger partial charge < -0.3 is 9.80 Å². The Kier molecular flexibility index (Phi) is 3.91. The Morgan fingerprint density at radius 2 is 1.95 bits per heavy atom. The smallest absolute Gasteiger partial charge is 0.247 e. The van der Waals surface area contributed by atoms with Gasteiger partial charge in [-0.05, 0) is 39.0 Å². The standard InChI is InChI=1S/C15H19BrN2O2/c1-10(19)12-6-5-11(16)9-13(12)18-8-7-17(4)14(20)15(18,2)3/h5-6,9H,7-8H2,1-4H3. The minimum Gasteiger partial charge on any atom is -0.355 e. The maximum absolute atomic E-state index is 12.4. The number of piperazine rings is 1. The summed E-state index contributed by atoms with van der Waals surface area (Å²) in [4.78, 5) is 28.0. The van der Waals surface area contributed by atoms with E-state index in [2.05, 4.69) is 15.9 Å². The van der Waals surface area contributed by atoms with E-state index in [-0.39, 0.29) is 11.7 Å². The molecule has 0 spiro atoms. The Balaban J connectivity index is 2.53. The molecule has 1 amide bonds. The number of nitrogens with zero attached hydrogens (tertiary/aromatic N) is 2. The second-order valence-electron chi connectivity index (χ2n) is 5.66. The molecule has 5 heteroatoms. The van der Waals surface area contributed by atoms with E-state index in [1.807, 2.05) is 37.9 Å². The van der Waals surface area contributed by atoms with Gasteiger partial charge in [-0.3, -0.25) is 9.59 Å². The summed E-state index contributed by atoms with van der Waals surface area (Å²) in [5.74, 6) is 0.0768. The number of anilines is 1. The molecule has 1 heterocycles. The van der Waals surface area contributed by atoms with E-state index in [1.165, 1.54) is 0 Å². The van der Waals surface area contributed by atoms with Crippen LogP contribution in [0.2, 0.25) is 0 Å². The number of hydrogen-bond acceptors (Lipinski definition) is 3. The van der Waals surface area contributed by atoms with E-state index in [9.17, 15) is 9.59 Å². The highest BCUT2D eigenvalue weighted by Gasteiger charge is 2.41. The fourth-order valence-electron chi connectivity index (χ4n) is 2.66. The Labute approximate surface area is 127 Å². The van der Waals surface area contributed by atoms with Gasteiger partial charge in [0.1, 0.15) is 5.54 Å². The number of hydrogen-bond donors (Lipinski definition) is 0. The van der Waals surface area contributed by atoms with Crippen LogP contribution in [0.1, 0.15) is 31.1 Å². The van der Waals surface area contributed by atoms with Gasteiger partial charge in [-0.1, -0.05) is 15.9 Å². The summed E-state index contributed by atoms with van der Waals surface area (Å²) in [5, 5.41) is 0. The molecule has 0 bridgehead atoms. The molecule has 0 atom stereocenters. The van der Waals surface area contributed by atoms with Crippen LogP contribution >= 0.6 is 15.9 Å². The Morgan fingerprint density at radius 3 is 2.55 bits per heavy atom. The molecule has 0 radical (unpaired) electrons. The van der Waals surface area contributed by atoms with Crippen LogP contribution in [0.25, 0.3) is 0 Å². The molecule has 1 aromatic carbocycles. The molecule has 0 aliphatic carbocycles. The van der Waals surface area contributed by atoms with E-state index in [4.69, 9.17) is 0 Å². The summed E-state index contributed by atoms with van der Waals surface area (Å²) < 4.78 is 0.902. The van der Waals surface area contributed by atoms with Gasteiger partial charge in [-0.15, -0.1) is 0 Å². The van der Waals surface area contributed by atoms with Crippen molar-refractivity contribution in [2.24, 2.45) is 0 Å². The molecule has 1 aliphatic heterocycles. The lowest BCUT2D eigenvalue weighted by molar-refractivity contribution is -0.136. The van der Waals surface area contributed by atoms with Crippen LogP contribution < -0.4 is 4.90 Å². The van der Waals surface area contributed by atoms with Crippen molar-refractivity contribution in [2.45, 2.75) is 26.3 Å². The largest absolute Gasteiger partial charge is 0.355 e. The van der Waals surface area contributed by atoms with Crippen LogP contribution in [0.5, 0.6) is 0 Å². The molecule has 1 aromatic rings. The van der Waals surface area contributed by atoms with Gasteiger partial charge in [0.25, 0.3) is 0 Å². The Morgan fingerprint density at radius 1 is 1.30 bits per heavy atom. The van der Waals surface area contributed by atoms with E-state index in [1.54, 1.807) is 17.9 Å². The monoisotopic (exact) mass is 338 g/mol. The van der Waals surface area contributed by atoms with Gasteiger partial charge in [0.15, 0.2) is 5.78 Å². The fourth-order valence-corrected chi connectivity index (χ4v) is 3.01. The molecule has 1 fully saturated rings. The second kappa shape index (κ2) is 5.20. The summed E-state index contributed by atoms with van der Waals surface area (Å²) in [6.07, 6.45) is 0. The van der Waals surface area contributed by atoms with Crippen molar-refractivity contribution in [3.05, 3.63) is 28.2 Å². The normalized spacial score (nSPS) is 18.4. The zero-order chi connectivity index (χ0) is 15.1. The lowest BCUT2D eigenvalue weighted by Gasteiger charge is -2.46. The van der Waals surface area contributed by atoms with Crippen molar-refractivity contribution in [3.8, 4) is 0 Å². The van der Waals surface area contributed by atoms with Gasteiger partial charge in [-0.2, -0.15) is 0 Å². The number of ketones is 1. The molecule has 0 unspecified atom stereocenters. The molecule has 20 heavy (non-hydrogen) atoms. The Hall–Kier alpha value is -1.36. The van der Waals surface area contributed by atoms with Crippen LogP contribution in [0.3, 0.4) is 0 Å². The van der Waals surface area contributed by atoms with Crippen molar-refractivity contribution in [1.82, 2.24) is 4.90 Å². The predicted molar refractivity (Wildman–Crippen MR) is 83.2 cm³/mol. The quantitative estimate of drug-likeness (QED) is 0.778. The highest BCUT2D eigenvalue weighted by Crippen LogP contribution is 2.33. The maximum atomic E-state index is 12.4. The number of rotatable bonds is 2. The average Bonchev–Trinajstić information content (AvgIpc) is 2.35.